The fourth-order valence-corrected chi connectivity index (χ4v) is 3.11. The molecule has 0 aromatic heterocycles. The predicted molar refractivity (Wildman–Crippen MR) is 84.4 cm³/mol. The molecule has 2 atom stereocenters. The SMILES string of the molecule is O=C1Oc2ccccc2C(=O)[C@H]1C[C@H]1C(=O)Oc2ccccc2C1=O. The van der Waals surface area contributed by atoms with Crippen molar-refractivity contribution in [2.24, 2.45) is 11.8 Å². The van der Waals surface area contributed by atoms with Crippen LogP contribution in [0.3, 0.4) is 0 Å². The molecule has 2 heterocycles. The summed E-state index contributed by atoms with van der Waals surface area (Å²) in [6.45, 7) is 0. The number of esters is 2. The highest BCUT2D eigenvalue weighted by molar-refractivity contribution is 6.16. The van der Waals surface area contributed by atoms with Crippen LogP contribution in [-0.4, -0.2) is 23.5 Å². The molecule has 124 valence electrons. The highest BCUT2D eigenvalue weighted by atomic mass is 16.5. The zero-order valence-electron chi connectivity index (χ0n) is 12.9. The van der Waals surface area contributed by atoms with Gasteiger partial charge in [-0.1, -0.05) is 24.3 Å². The van der Waals surface area contributed by atoms with Gasteiger partial charge in [-0.15, -0.1) is 0 Å². The summed E-state index contributed by atoms with van der Waals surface area (Å²) in [7, 11) is 0. The molecular formula is C19H12O6. The van der Waals surface area contributed by atoms with E-state index in [2.05, 4.69) is 0 Å². The van der Waals surface area contributed by atoms with Gasteiger partial charge in [0.2, 0.25) is 0 Å². The molecule has 25 heavy (non-hydrogen) atoms. The molecule has 0 saturated heterocycles. The molecule has 6 nitrogen and oxygen atoms in total. The number of Topliss-reactive ketones (excluding diaryl/α,β-unsaturated/α-hetero) is 2. The molecule has 4 rings (SSSR count). The standard InChI is InChI=1S/C19H12O6/c20-16-10-5-1-3-7-14(10)24-18(22)12(16)9-13-17(21)11-6-2-4-8-15(11)25-19(13)23/h1-8,12-13H,9H2/t12-,13-/m1/s1. The Morgan fingerprint density at radius 2 is 1.04 bits per heavy atom. The lowest BCUT2D eigenvalue weighted by Crippen LogP contribution is -2.40. The van der Waals surface area contributed by atoms with Crippen LogP contribution in [0.1, 0.15) is 27.1 Å². The van der Waals surface area contributed by atoms with E-state index < -0.39 is 35.3 Å². The number of hydrogen-bond donors (Lipinski definition) is 0. The van der Waals surface area contributed by atoms with Crippen molar-refractivity contribution in [3.8, 4) is 11.5 Å². The van der Waals surface area contributed by atoms with Gasteiger partial charge in [-0.05, 0) is 30.7 Å². The number of ether oxygens (including phenoxy) is 2. The summed E-state index contributed by atoms with van der Waals surface area (Å²) in [5, 5.41) is 0. The van der Waals surface area contributed by atoms with Gasteiger partial charge in [-0.2, -0.15) is 0 Å². The molecule has 0 unspecified atom stereocenters. The minimum atomic E-state index is -1.21. The Morgan fingerprint density at radius 3 is 1.48 bits per heavy atom. The van der Waals surface area contributed by atoms with E-state index in [0.717, 1.165) is 0 Å². The third-order valence-electron chi connectivity index (χ3n) is 4.40. The molecule has 0 radical (unpaired) electrons. The number of hydrogen-bond acceptors (Lipinski definition) is 6. The molecular weight excluding hydrogens is 324 g/mol. The maximum Gasteiger partial charge on any atom is 0.322 e. The molecule has 2 aliphatic heterocycles. The monoisotopic (exact) mass is 336 g/mol. The largest absolute Gasteiger partial charge is 0.425 e. The van der Waals surface area contributed by atoms with Gasteiger partial charge in [-0.3, -0.25) is 19.2 Å². The van der Waals surface area contributed by atoms with Crippen molar-refractivity contribution in [2.75, 3.05) is 0 Å². The second-order valence-electron chi connectivity index (χ2n) is 5.90. The Balaban J connectivity index is 1.64. The van der Waals surface area contributed by atoms with E-state index in [4.69, 9.17) is 9.47 Å². The van der Waals surface area contributed by atoms with Crippen LogP contribution < -0.4 is 9.47 Å². The first-order valence-corrected chi connectivity index (χ1v) is 7.76. The van der Waals surface area contributed by atoms with Crippen LogP contribution in [0.2, 0.25) is 0 Å². The fraction of sp³-hybridized carbons (Fsp3) is 0.158. The van der Waals surface area contributed by atoms with Crippen LogP contribution in [0.5, 0.6) is 11.5 Å². The first-order valence-electron chi connectivity index (χ1n) is 7.76. The van der Waals surface area contributed by atoms with E-state index in [-0.39, 0.29) is 29.0 Å². The third kappa shape index (κ3) is 2.42. The second kappa shape index (κ2) is 5.66. The summed E-state index contributed by atoms with van der Waals surface area (Å²) in [6.07, 6.45) is -0.266. The van der Waals surface area contributed by atoms with Crippen LogP contribution in [-0.2, 0) is 9.59 Å². The lowest BCUT2D eigenvalue weighted by atomic mass is 9.82. The van der Waals surface area contributed by atoms with E-state index in [0.29, 0.717) is 0 Å². The molecule has 0 N–H and O–H groups in total. The van der Waals surface area contributed by atoms with Crippen molar-refractivity contribution in [3.05, 3.63) is 59.7 Å². The number of fused-ring (bicyclic) bond motifs is 2. The summed E-state index contributed by atoms with van der Waals surface area (Å²) in [5.41, 5.74) is 0.535. The Kier molecular flexibility index (Phi) is 3.46. The maximum absolute atomic E-state index is 12.6. The quantitative estimate of drug-likeness (QED) is 0.475. The summed E-state index contributed by atoms with van der Waals surface area (Å²) in [4.78, 5) is 49.6. The molecule has 0 aliphatic carbocycles. The Bertz CT molecular complexity index is 854. The van der Waals surface area contributed by atoms with E-state index in [1.165, 1.54) is 12.1 Å². The molecule has 2 aromatic carbocycles. The zero-order valence-corrected chi connectivity index (χ0v) is 12.9. The van der Waals surface area contributed by atoms with Crippen molar-refractivity contribution >= 4 is 23.5 Å². The van der Waals surface area contributed by atoms with Crippen LogP contribution in [0, 0.1) is 11.8 Å². The lowest BCUT2D eigenvalue weighted by Gasteiger charge is -2.26. The Labute approximate surface area is 142 Å². The number of carbonyl (C=O) groups excluding carboxylic acids is 4. The van der Waals surface area contributed by atoms with Gasteiger partial charge in [0.1, 0.15) is 23.3 Å². The molecule has 0 bridgehead atoms. The number of ketones is 2. The van der Waals surface area contributed by atoms with Crippen LogP contribution in [0.4, 0.5) is 0 Å². The van der Waals surface area contributed by atoms with E-state index in [1.807, 2.05) is 0 Å². The summed E-state index contributed by atoms with van der Waals surface area (Å²) in [5.74, 6) is -4.46. The fourth-order valence-electron chi connectivity index (χ4n) is 3.11. The zero-order chi connectivity index (χ0) is 17.6. The third-order valence-corrected chi connectivity index (χ3v) is 4.40. The van der Waals surface area contributed by atoms with Gasteiger partial charge in [-0.25, -0.2) is 0 Å². The Morgan fingerprint density at radius 1 is 0.640 bits per heavy atom. The minimum Gasteiger partial charge on any atom is -0.425 e. The smallest absolute Gasteiger partial charge is 0.322 e. The molecule has 2 aliphatic rings. The molecule has 6 heteroatoms. The average molecular weight is 336 g/mol. The van der Waals surface area contributed by atoms with E-state index in [9.17, 15) is 19.2 Å². The number of para-hydroxylation sites is 2. The highest BCUT2D eigenvalue weighted by Gasteiger charge is 2.44. The normalized spacial score (nSPS) is 21.9. The molecule has 0 fully saturated rings. The van der Waals surface area contributed by atoms with Crippen molar-refractivity contribution < 1.29 is 28.7 Å². The van der Waals surface area contributed by atoms with Gasteiger partial charge >= 0.3 is 11.9 Å². The topological polar surface area (TPSA) is 86.7 Å². The summed E-state index contributed by atoms with van der Waals surface area (Å²) >= 11 is 0. The lowest BCUT2D eigenvalue weighted by molar-refractivity contribution is -0.141. The maximum atomic E-state index is 12.6. The Hall–Kier alpha value is -3.28. The van der Waals surface area contributed by atoms with Crippen LogP contribution >= 0.6 is 0 Å². The number of rotatable bonds is 2. The first kappa shape index (κ1) is 15.3. The van der Waals surface area contributed by atoms with Gasteiger partial charge in [0.15, 0.2) is 11.6 Å². The molecule has 0 spiro atoms. The van der Waals surface area contributed by atoms with E-state index in [1.54, 1.807) is 36.4 Å². The summed E-state index contributed by atoms with van der Waals surface area (Å²) in [6, 6.07) is 12.8. The second-order valence-corrected chi connectivity index (χ2v) is 5.90. The minimum absolute atomic E-state index is 0.191. The van der Waals surface area contributed by atoms with Crippen molar-refractivity contribution in [2.45, 2.75) is 6.42 Å². The van der Waals surface area contributed by atoms with Gasteiger partial charge in [0, 0.05) is 0 Å². The first-order chi connectivity index (χ1) is 12.1. The van der Waals surface area contributed by atoms with Gasteiger partial charge in [0.05, 0.1) is 11.1 Å². The van der Waals surface area contributed by atoms with Gasteiger partial charge < -0.3 is 9.47 Å². The highest BCUT2D eigenvalue weighted by Crippen LogP contribution is 2.35. The van der Waals surface area contributed by atoms with E-state index >= 15 is 0 Å². The molecule has 0 saturated carbocycles. The predicted octanol–water partition coefficient (Wildman–Crippen LogP) is 2.21. The molecule has 0 amide bonds. The van der Waals surface area contributed by atoms with Crippen molar-refractivity contribution in [3.63, 3.8) is 0 Å². The average Bonchev–Trinajstić information content (AvgIpc) is 2.61. The van der Waals surface area contributed by atoms with Crippen LogP contribution in [0.25, 0.3) is 0 Å². The number of carbonyl (C=O) groups is 4. The van der Waals surface area contributed by atoms with Crippen molar-refractivity contribution in [1.82, 2.24) is 0 Å². The number of benzene rings is 2. The summed E-state index contributed by atoms with van der Waals surface area (Å²) < 4.78 is 10.3. The van der Waals surface area contributed by atoms with Crippen LogP contribution in [0.15, 0.2) is 48.5 Å². The molecule has 2 aromatic rings. The van der Waals surface area contributed by atoms with Crippen molar-refractivity contribution in [1.29, 1.82) is 0 Å². The van der Waals surface area contributed by atoms with Gasteiger partial charge in [0.25, 0.3) is 0 Å².